The highest BCUT2D eigenvalue weighted by atomic mass is 79.9. The molecule has 1 N–H and O–H groups in total. The van der Waals surface area contributed by atoms with Crippen LogP contribution in [0.2, 0.25) is 0 Å². The van der Waals surface area contributed by atoms with Crippen LogP contribution in [0.1, 0.15) is 13.3 Å². The van der Waals surface area contributed by atoms with Crippen molar-refractivity contribution in [2.24, 2.45) is 0 Å². The Balaban J connectivity index is 2.17. The van der Waals surface area contributed by atoms with Crippen molar-refractivity contribution in [2.45, 2.75) is 13.3 Å². The first-order valence-electron chi connectivity index (χ1n) is 5.83. The molecule has 1 saturated heterocycles. The highest BCUT2D eigenvalue weighted by Gasteiger charge is 2.19. The van der Waals surface area contributed by atoms with Gasteiger partial charge < -0.3 is 14.8 Å². The van der Waals surface area contributed by atoms with Crippen LogP contribution in [0.3, 0.4) is 0 Å². The summed E-state index contributed by atoms with van der Waals surface area (Å²) in [5.74, 6) is 0.735. The van der Waals surface area contributed by atoms with Crippen molar-refractivity contribution in [1.82, 2.24) is 14.9 Å². The summed E-state index contributed by atoms with van der Waals surface area (Å²) in [5, 5.41) is 0. The molecule has 0 spiro atoms. The van der Waals surface area contributed by atoms with Crippen LogP contribution in [0.15, 0.2) is 15.6 Å². The van der Waals surface area contributed by atoms with Gasteiger partial charge in [-0.2, -0.15) is 0 Å². The number of nitrogens with one attached hydrogen (secondary N) is 1. The molecule has 0 saturated carbocycles. The molecular formula is C11H15BrN4O2. The van der Waals surface area contributed by atoms with Crippen molar-refractivity contribution in [3.8, 4) is 0 Å². The number of hydrogen-bond acceptors (Lipinski definition) is 4. The molecule has 0 radical (unpaired) electrons. The Morgan fingerprint density at radius 3 is 2.89 bits per heavy atom. The Morgan fingerprint density at radius 2 is 2.17 bits per heavy atom. The molecule has 6 nitrogen and oxygen atoms in total. The lowest BCUT2D eigenvalue weighted by molar-refractivity contribution is -0.128. The fourth-order valence-electron chi connectivity index (χ4n) is 2.04. The number of carbonyl (C=O) groups excluding carboxylic acids is 1. The fraction of sp³-hybridized carbons (Fsp3) is 0.545. The van der Waals surface area contributed by atoms with E-state index in [1.54, 1.807) is 6.92 Å². The van der Waals surface area contributed by atoms with Gasteiger partial charge in [0.1, 0.15) is 10.3 Å². The summed E-state index contributed by atoms with van der Waals surface area (Å²) in [6, 6.07) is 0. The minimum atomic E-state index is -0.187. The van der Waals surface area contributed by atoms with E-state index in [2.05, 4.69) is 25.9 Å². The van der Waals surface area contributed by atoms with E-state index in [1.165, 1.54) is 6.33 Å². The second-order valence-corrected chi connectivity index (χ2v) is 5.01. The second-order valence-electron chi connectivity index (χ2n) is 4.22. The first-order chi connectivity index (χ1) is 8.59. The standard InChI is InChI=1S/C11H15BrN4O2/c1-8(17)15-3-2-4-16(6-5-15)10-9(12)11(18)14-7-13-10/h7H,2-6H2,1H3,(H,13,14,18). The van der Waals surface area contributed by atoms with E-state index >= 15 is 0 Å². The SMILES string of the molecule is CC(=O)N1CCCN(c2nc[nH]c(=O)c2Br)CC1. The van der Waals surface area contributed by atoms with Crippen LogP contribution in [0.25, 0.3) is 0 Å². The zero-order chi connectivity index (χ0) is 13.1. The Labute approximate surface area is 113 Å². The number of halogens is 1. The van der Waals surface area contributed by atoms with Crippen molar-refractivity contribution in [3.63, 3.8) is 0 Å². The van der Waals surface area contributed by atoms with Crippen LogP contribution in [0.5, 0.6) is 0 Å². The molecule has 0 aliphatic carbocycles. The molecule has 7 heteroatoms. The van der Waals surface area contributed by atoms with Gasteiger partial charge in [0, 0.05) is 33.1 Å². The summed E-state index contributed by atoms with van der Waals surface area (Å²) < 4.78 is 0.446. The number of carbonyl (C=O) groups is 1. The third-order valence-corrected chi connectivity index (χ3v) is 3.73. The molecule has 0 atom stereocenters. The fourth-order valence-corrected chi connectivity index (χ4v) is 2.51. The average molecular weight is 315 g/mol. The maximum absolute atomic E-state index is 11.5. The number of H-pyrrole nitrogens is 1. The van der Waals surface area contributed by atoms with Crippen molar-refractivity contribution in [3.05, 3.63) is 21.2 Å². The molecule has 2 heterocycles. The minimum absolute atomic E-state index is 0.0924. The van der Waals surface area contributed by atoms with E-state index in [1.807, 2.05) is 9.80 Å². The third kappa shape index (κ3) is 2.72. The summed E-state index contributed by atoms with van der Waals surface area (Å²) in [5.41, 5.74) is -0.187. The van der Waals surface area contributed by atoms with E-state index in [0.717, 1.165) is 19.5 Å². The van der Waals surface area contributed by atoms with Crippen LogP contribution in [-0.2, 0) is 4.79 Å². The zero-order valence-corrected chi connectivity index (χ0v) is 11.7. The monoisotopic (exact) mass is 314 g/mol. The molecule has 0 unspecified atom stereocenters. The lowest BCUT2D eigenvalue weighted by Gasteiger charge is -2.22. The number of nitrogens with zero attached hydrogens (tertiary/aromatic N) is 3. The van der Waals surface area contributed by atoms with Gasteiger partial charge in [-0.3, -0.25) is 9.59 Å². The molecule has 2 rings (SSSR count). The largest absolute Gasteiger partial charge is 0.354 e. The van der Waals surface area contributed by atoms with Gasteiger partial charge in [-0.1, -0.05) is 0 Å². The predicted molar refractivity (Wildman–Crippen MR) is 71.6 cm³/mol. The van der Waals surface area contributed by atoms with Crippen LogP contribution >= 0.6 is 15.9 Å². The van der Waals surface area contributed by atoms with Crippen molar-refractivity contribution < 1.29 is 4.79 Å². The van der Waals surface area contributed by atoms with Crippen molar-refractivity contribution in [1.29, 1.82) is 0 Å². The van der Waals surface area contributed by atoms with Crippen LogP contribution in [-0.4, -0.2) is 47.0 Å². The topological polar surface area (TPSA) is 69.3 Å². The molecule has 18 heavy (non-hydrogen) atoms. The van der Waals surface area contributed by atoms with Gasteiger partial charge in [0.15, 0.2) is 0 Å². The summed E-state index contributed by atoms with van der Waals surface area (Å²) in [6.07, 6.45) is 2.27. The smallest absolute Gasteiger partial charge is 0.267 e. The molecule has 1 fully saturated rings. The molecule has 1 aromatic rings. The van der Waals surface area contributed by atoms with Gasteiger partial charge >= 0.3 is 0 Å². The highest BCUT2D eigenvalue weighted by Crippen LogP contribution is 2.20. The highest BCUT2D eigenvalue weighted by molar-refractivity contribution is 9.10. The first-order valence-corrected chi connectivity index (χ1v) is 6.62. The van der Waals surface area contributed by atoms with Gasteiger partial charge in [0.25, 0.3) is 5.56 Å². The van der Waals surface area contributed by atoms with E-state index in [9.17, 15) is 9.59 Å². The quantitative estimate of drug-likeness (QED) is 0.823. The average Bonchev–Trinajstić information content (AvgIpc) is 2.58. The number of aromatic nitrogens is 2. The number of rotatable bonds is 1. The maximum Gasteiger partial charge on any atom is 0.267 e. The van der Waals surface area contributed by atoms with Crippen LogP contribution in [0, 0.1) is 0 Å². The van der Waals surface area contributed by atoms with Gasteiger partial charge in [-0.05, 0) is 22.4 Å². The van der Waals surface area contributed by atoms with E-state index in [-0.39, 0.29) is 11.5 Å². The Hall–Kier alpha value is -1.37. The van der Waals surface area contributed by atoms with Crippen LogP contribution < -0.4 is 10.5 Å². The van der Waals surface area contributed by atoms with Crippen molar-refractivity contribution >= 4 is 27.7 Å². The molecule has 1 aromatic heterocycles. The lowest BCUT2D eigenvalue weighted by Crippen LogP contribution is -2.34. The summed E-state index contributed by atoms with van der Waals surface area (Å²) in [4.78, 5) is 33.4. The van der Waals surface area contributed by atoms with Crippen molar-refractivity contribution in [2.75, 3.05) is 31.1 Å². The van der Waals surface area contributed by atoms with E-state index in [4.69, 9.17) is 0 Å². The molecular weight excluding hydrogens is 300 g/mol. The van der Waals surface area contributed by atoms with Gasteiger partial charge in [0.05, 0.1) is 6.33 Å². The van der Waals surface area contributed by atoms with Gasteiger partial charge in [-0.15, -0.1) is 0 Å². The Morgan fingerprint density at radius 1 is 1.39 bits per heavy atom. The Bertz CT molecular complexity index is 502. The summed E-state index contributed by atoms with van der Waals surface area (Å²) >= 11 is 3.26. The Kier molecular flexibility index (Phi) is 4.00. The lowest BCUT2D eigenvalue weighted by atomic mass is 10.3. The maximum atomic E-state index is 11.5. The summed E-state index contributed by atoms with van der Waals surface area (Å²) in [7, 11) is 0. The first kappa shape index (κ1) is 13.1. The predicted octanol–water partition coefficient (Wildman–Crippen LogP) is 0.591. The second kappa shape index (κ2) is 5.51. The molecule has 0 bridgehead atoms. The van der Waals surface area contributed by atoms with Crippen LogP contribution in [0.4, 0.5) is 5.82 Å². The number of aromatic amines is 1. The number of amides is 1. The molecule has 98 valence electrons. The molecule has 1 amide bonds. The van der Waals surface area contributed by atoms with E-state index in [0.29, 0.717) is 23.4 Å². The molecule has 1 aliphatic heterocycles. The minimum Gasteiger partial charge on any atom is -0.354 e. The molecule has 1 aliphatic rings. The number of hydrogen-bond donors (Lipinski definition) is 1. The third-order valence-electron chi connectivity index (χ3n) is 3.02. The van der Waals surface area contributed by atoms with Gasteiger partial charge in [0.2, 0.25) is 5.91 Å². The number of anilines is 1. The van der Waals surface area contributed by atoms with Gasteiger partial charge in [-0.25, -0.2) is 4.98 Å². The molecule has 0 aromatic carbocycles. The zero-order valence-electron chi connectivity index (χ0n) is 10.1. The normalized spacial score (nSPS) is 16.6. The summed E-state index contributed by atoms with van der Waals surface area (Å²) in [6.45, 7) is 4.48. The van der Waals surface area contributed by atoms with E-state index < -0.39 is 0 Å².